The molecule has 5 N–H and O–H groups in total. The molecule has 0 radical (unpaired) electrons. The Labute approximate surface area is 216 Å². The molecule has 0 spiro atoms. The van der Waals surface area contributed by atoms with Crippen molar-refractivity contribution in [2.75, 3.05) is 18.5 Å². The van der Waals surface area contributed by atoms with E-state index in [0.717, 1.165) is 11.1 Å². The molecule has 5 rings (SSSR count). The van der Waals surface area contributed by atoms with Crippen molar-refractivity contribution >= 4 is 28.8 Å². The van der Waals surface area contributed by atoms with Crippen LogP contribution in [0.5, 0.6) is 0 Å². The number of nitrogens with two attached hydrogens (primary N) is 1. The van der Waals surface area contributed by atoms with E-state index in [1.807, 2.05) is 12.3 Å². The molecule has 0 bridgehead atoms. The number of aliphatic hydroxyl groups is 1. The second kappa shape index (κ2) is 10.5. The van der Waals surface area contributed by atoms with Crippen molar-refractivity contribution in [2.24, 2.45) is 5.73 Å². The lowest BCUT2D eigenvalue weighted by Gasteiger charge is -2.31. The molecule has 0 saturated carbocycles. The molecule has 1 aliphatic heterocycles. The lowest BCUT2D eigenvalue weighted by molar-refractivity contribution is -0.111. The van der Waals surface area contributed by atoms with E-state index in [9.17, 15) is 9.90 Å². The third kappa shape index (κ3) is 5.50. The van der Waals surface area contributed by atoms with Gasteiger partial charge in [0, 0.05) is 55.8 Å². The first-order valence-electron chi connectivity index (χ1n) is 11.5. The predicted molar refractivity (Wildman–Crippen MR) is 136 cm³/mol. The number of nitrogens with zero attached hydrogens (tertiary/aromatic N) is 6. The molecule has 1 aliphatic rings. The largest absolute Gasteiger partial charge is 0.404 e. The topological polar surface area (TPSA) is 170 Å². The summed E-state index contributed by atoms with van der Waals surface area (Å²) in [4.78, 5) is 17.5. The summed E-state index contributed by atoms with van der Waals surface area (Å²) in [7, 11) is 0. The summed E-state index contributed by atoms with van der Waals surface area (Å²) < 4.78 is 7.06. The van der Waals surface area contributed by atoms with Gasteiger partial charge in [-0.1, -0.05) is 11.6 Å². The smallest absolute Gasteiger partial charge is 0.259 e. The molecular formula is C24H24ClN9O3. The van der Waals surface area contributed by atoms with E-state index >= 15 is 0 Å². The Hall–Kier alpha value is -4.13. The molecule has 13 heteroatoms. The van der Waals surface area contributed by atoms with Crippen molar-refractivity contribution in [1.29, 1.82) is 0 Å². The number of ether oxygens (including phenoxy) is 1. The summed E-state index contributed by atoms with van der Waals surface area (Å²) in [6.45, 7) is 1.43. The number of carbonyl (C=O) groups is 1. The van der Waals surface area contributed by atoms with Crippen LogP contribution in [0.25, 0.3) is 28.1 Å². The number of pyridine rings is 1. The number of halogens is 1. The van der Waals surface area contributed by atoms with Crippen molar-refractivity contribution in [2.45, 2.75) is 25.0 Å². The minimum atomic E-state index is -0.846. The number of hydrogen-bond donors (Lipinski definition) is 4. The van der Waals surface area contributed by atoms with Gasteiger partial charge in [-0.25, -0.2) is 0 Å². The minimum absolute atomic E-state index is 0.159. The number of hydrogen-bond acceptors (Lipinski definition) is 9. The van der Waals surface area contributed by atoms with E-state index in [1.54, 1.807) is 41.3 Å². The highest BCUT2D eigenvalue weighted by molar-refractivity contribution is 6.35. The highest BCUT2D eigenvalue weighted by Crippen LogP contribution is 2.29. The highest BCUT2D eigenvalue weighted by atomic mass is 35.5. The lowest BCUT2D eigenvalue weighted by atomic mass is 9.94. The number of rotatable bonds is 7. The maximum absolute atomic E-state index is 13.1. The number of H-pyrrole nitrogens is 1. The fraction of sp³-hybridized carbons (Fsp3) is 0.250. The van der Waals surface area contributed by atoms with Crippen molar-refractivity contribution in [1.82, 2.24) is 35.4 Å². The van der Waals surface area contributed by atoms with Crippen molar-refractivity contribution in [3.63, 3.8) is 0 Å². The van der Waals surface area contributed by atoms with Crippen LogP contribution >= 0.6 is 11.6 Å². The fourth-order valence-corrected chi connectivity index (χ4v) is 4.24. The van der Waals surface area contributed by atoms with Crippen LogP contribution in [0.2, 0.25) is 5.02 Å². The maximum Gasteiger partial charge on any atom is 0.259 e. The van der Waals surface area contributed by atoms with Gasteiger partial charge in [0.05, 0.1) is 40.3 Å². The van der Waals surface area contributed by atoms with Crippen LogP contribution in [-0.2, 0) is 16.1 Å². The van der Waals surface area contributed by atoms with Gasteiger partial charge in [0.2, 0.25) is 5.82 Å². The van der Waals surface area contributed by atoms with Crippen molar-refractivity contribution < 1.29 is 14.6 Å². The van der Waals surface area contributed by atoms with Gasteiger partial charge in [-0.2, -0.15) is 10.3 Å². The quantitative estimate of drug-likeness (QED) is 0.266. The fourth-order valence-electron chi connectivity index (χ4n) is 4.08. The second-order valence-electron chi connectivity index (χ2n) is 8.66. The molecule has 1 saturated heterocycles. The number of aromatic nitrogens is 7. The summed E-state index contributed by atoms with van der Waals surface area (Å²) in [6, 6.07) is 8.55. The summed E-state index contributed by atoms with van der Waals surface area (Å²) in [5.74, 6) is -0.127. The predicted octanol–water partition coefficient (Wildman–Crippen LogP) is 2.26. The van der Waals surface area contributed by atoms with Gasteiger partial charge in [0.25, 0.3) is 5.91 Å². The third-order valence-corrected chi connectivity index (χ3v) is 6.44. The summed E-state index contributed by atoms with van der Waals surface area (Å²) in [5.41, 5.74) is 8.10. The zero-order valence-electron chi connectivity index (χ0n) is 19.6. The van der Waals surface area contributed by atoms with Crippen LogP contribution in [0.1, 0.15) is 18.5 Å². The average Bonchev–Trinajstić information content (AvgIpc) is 3.59. The second-order valence-corrected chi connectivity index (χ2v) is 9.06. The maximum atomic E-state index is 13.1. The van der Waals surface area contributed by atoms with Crippen molar-refractivity contribution in [3.8, 4) is 22.5 Å². The number of nitrogens with one attached hydrogen (secondary N) is 2. The van der Waals surface area contributed by atoms with Crippen LogP contribution in [0.4, 0.5) is 5.69 Å². The molecule has 37 heavy (non-hydrogen) atoms. The Balaban J connectivity index is 1.34. The number of tetrazole rings is 1. The number of carbonyl (C=O) groups excluding carboxylic acids is 1. The van der Waals surface area contributed by atoms with Crippen LogP contribution < -0.4 is 11.1 Å². The SMILES string of the molecule is NC=C(C(=O)Nc1cc(-c2nn[nH]n2)ccc1Cl)c1cc(-c2cnn(CC3(O)CCOCC3)c2)ccn1. The van der Waals surface area contributed by atoms with Crippen molar-refractivity contribution in [3.05, 3.63) is 65.8 Å². The molecule has 0 aliphatic carbocycles. The third-order valence-electron chi connectivity index (χ3n) is 6.11. The molecule has 12 nitrogen and oxygen atoms in total. The molecule has 4 aromatic rings. The van der Waals surface area contributed by atoms with Gasteiger partial charge in [-0.3, -0.25) is 14.5 Å². The summed E-state index contributed by atoms with van der Waals surface area (Å²) in [5, 5.41) is 32.1. The van der Waals surface area contributed by atoms with E-state index in [2.05, 4.69) is 36.0 Å². The first kappa shape index (κ1) is 24.6. The Bertz CT molecular complexity index is 1430. The molecule has 1 aromatic carbocycles. The summed E-state index contributed by atoms with van der Waals surface area (Å²) >= 11 is 6.30. The Morgan fingerprint density at radius 2 is 2.08 bits per heavy atom. The molecule has 4 heterocycles. The van der Waals surface area contributed by atoms with Crippen LogP contribution in [-0.4, -0.2) is 65.2 Å². The molecule has 0 atom stereocenters. The van der Waals surface area contributed by atoms with E-state index in [-0.39, 0.29) is 5.57 Å². The zero-order valence-corrected chi connectivity index (χ0v) is 20.4. The van der Waals surface area contributed by atoms with Gasteiger partial charge in [0.1, 0.15) is 0 Å². The van der Waals surface area contributed by atoms with Crippen LogP contribution in [0.15, 0.2) is 55.1 Å². The molecule has 1 amide bonds. The lowest BCUT2D eigenvalue weighted by Crippen LogP contribution is -2.40. The first-order chi connectivity index (χ1) is 17.9. The Morgan fingerprint density at radius 3 is 2.84 bits per heavy atom. The van der Waals surface area contributed by atoms with Gasteiger partial charge < -0.3 is 20.9 Å². The van der Waals surface area contributed by atoms with Crippen LogP contribution in [0, 0.1) is 0 Å². The zero-order chi connectivity index (χ0) is 25.8. The first-order valence-corrected chi connectivity index (χ1v) is 11.9. The van der Waals surface area contributed by atoms with E-state index < -0.39 is 11.5 Å². The van der Waals surface area contributed by atoms with E-state index in [0.29, 0.717) is 60.4 Å². The van der Waals surface area contributed by atoms with Gasteiger partial charge in [-0.15, -0.1) is 10.2 Å². The molecule has 190 valence electrons. The number of anilines is 1. The number of benzene rings is 1. The van der Waals surface area contributed by atoms with E-state index in [1.165, 1.54) is 6.20 Å². The standard InChI is InChI=1S/C24H24ClN9O3/c25-19-2-1-16(22-30-32-33-31-22)10-21(19)29-23(35)18(11-26)20-9-15(3-6-27-20)17-12-28-34(13-17)14-24(36)4-7-37-8-5-24/h1-3,6,9-13,36H,4-5,7-8,14,26H2,(H,29,35)(H,30,31,32,33). The average molecular weight is 522 g/mol. The van der Waals surface area contributed by atoms with E-state index in [4.69, 9.17) is 22.1 Å². The molecule has 1 fully saturated rings. The monoisotopic (exact) mass is 521 g/mol. The minimum Gasteiger partial charge on any atom is -0.404 e. The van der Waals surface area contributed by atoms with Gasteiger partial charge in [-0.05, 0) is 41.1 Å². The number of amides is 1. The Kier molecular flexibility index (Phi) is 6.95. The summed E-state index contributed by atoms with van der Waals surface area (Å²) in [6.07, 6.45) is 7.46. The molecule has 0 unspecified atom stereocenters. The van der Waals surface area contributed by atoms with Crippen LogP contribution in [0.3, 0.4) is 0 Å². The van der Waals surface area contributed by atoms with Gasteiger partial charge in [0.15, 0.2) is 0 Å². The Morgan fingerprint density at radius 1 is 1.24 bits per heavy atom. The molecule has 3 aromatic heterocycles. The molecular weight excluding hydrogens is 498 g/mol. The normalized spacial score (nSPS) is 15.5. The van der Waals surface area contributed by atoms with Gasteiger partial charge >= 0.3 is 0 Å². The number of aromatic amines is 1. The highest BCUT2D eigenvalue weighted by Gasteiger charge is 2.30.